The number of carboxylic acids is 1. The predicted octanol–water partition coefficient (Wildman–Crippen LogP) is -1.58. The predicted molar refractivity (Wildman–Crippen MR) is 107 cm³/mol. The van der Waals surface area contributed by atoms with E-state index in [0.29, 0.717) is 10.7 Å². The van der Waals surface area contributed by atoms with Gasteiger partial charge in [0.25, 0.3) is 0 Å². The molecule has 3 amide bonds. The molecule has 3 aromatic rings. The fraction of sp³-hybridized carbons (Fsp3) is 0.150. The fourth-order valence-corrected chi connectivity index (χ4v) is 2.95. The van der Waals surface area contributed by atoms with Gasteiger partial charge in [-0.3, -0.25) is 4.79 Å². The van der Waals surface area contributed by atoms with Gasteiger partial charge in [0.1, 0.15) is 0 Å². The van der Waals surface area contributed by atoms with Gasteiger partial charge in [0.2, 0.25) is 5.91 Å². The van der Waals surface area contributed by atoms with Crippen LogP contribution in [0.2, 0.25) is 5.02 Å². The van der Waals surface area contributed by atoms with E-state index < -0.39 is 30.5 Å². The van der Waals surface area contributed by atoms with E-state index in [1.165, 1.54) is 0 Å². The molecule has 150 valence electrons. The largest absolute Gasteiger partial charge is 1.00 e. The minimum atomic E-state index is -1.41. The van der Waals surface area contributed by atoms with E-state index in [4.69, 9.17) is 11.6 Å². The Morgan fingerprint density at radius 3 is 2.47 bits per heavy atom. The Hall–Kier alpha value is -1.88. The van der Waals surface area contributed by atoms with E-state index in [1.54, 1.807) is 30.5 Å². The summed E-state index contributed by atoms with van der Waals surface area (Å²) in [6.07, 6.45) is 1.75. The van der Waals surface area contributed by atoms with Gasteiger partial charge in [-0.15, -0.1) is 0 Å². The van der Waals surface area contributed by atoms with Crippen molar-refractivity contribution in [2.24, 2.45) is 0 Å². The number of fused-ring (bicyclic) bond motifs is 1. The van der Waals surface area contributed by atoms with Gasteiger partial charge in [0.05, 0.1) is 18.6 Å². The van der Waals surface area contributed by atoms with Gasteiger partial charge in [-0.25, -0.2) is 4.79 Å². The van der Waals surface area contributed by atoms with Crippen molar-refractivity contribution in [1.29, 1.82) is 0 Å². The SMILES string of the molecule is O=C(CNC(=O)Nc1ccc(Cl)cc1)N[C@@H](Cc1c[nH]c2ccccc12)C(=O)[O-].[K+]. The van der Waals surface area contributed by atoms with Crippen LogP contribution in [0.3, 0.4) is 0 Å². The van der Waals surface area contributed by atoms with E-state index in [1.807, 2.05) is 24.3 Å². The number of hydrogen-bond donors (Lipinski definition) is 4. The summed E-state index contributed by atoms with van der Waals surface area (Å²) in [6.45, 7) is -0.392. The van der Waals surface area contributed by atoms with Gasteiger partial charge < -0.3 is 30.8 Å². The van der Waals surface area contributed by atoms with Crippen LogP contribution in [0, 0.1) is 0 Å². The number of carbonyl (C=O) groups is 3. The molecule has 1 atom stereocenters. The zero-order valence-electron chi connectivity index (χ0n) is 16.2. The first kappa shape index (κ1) is 24.4. The second kappa shape index (κ2) is 11.5. The summed E-state index contributed by atoms with van der Waals surface area (Å²) < 4.78 is 0. The first-order chi connectivity index (χ1) is 13.9. The van der Waals surface area contributed by atoms with Crippen LogP contribution in [-0.4, -0.2) is 35.5 Å². The molecule has 10 heteroatoms. The first-order valence-corrected chi connectivity index (χ1v) is 9.16. The summed E-state index contributed by atoms with van der Waals surface area (Å²) in [4.78, 5) is 38.4. The average Bonchev–Trinajstić information content (AvgIpc) is 3.10. The first-order valence-electron chi connectivity index (χ1n) is 8.78. The van der Waals surface area contributed by atoms with Crippen molar-refractivity contribution in [3.8, 4) is 0 Å². The topological polar surface area (TPSA) is 126 Å². The molecule has 0 aliphatic carbocycles. The molecule has 1 heterocycles. The van der Waals surface area contributed by atoms with E-state index >= 15 is 0 Å². The summed E-state index contributed by atoms with van der Waals surface area (Å²) in [5.74, 6) is -2.06. The van der Waals surface area contributed by atoms with Crippen molar-refractivity contribution in [3.05, 3.63) is 65.3 Å². The number of aromatic nitrogens is 1. The number of anilines is 1. The van der Waals surface area contributed by atoms with Crippen LogP contribution < -0.4 is 72.4 Å². The van der Waals surface area contributed by atoms with Gasteiger partial charge in [-0.2, -0.15) is 0 Å². The molecule has 4 N–H and O–H groups in total. The molecule has 2 aromatic carbocycles. The number of nitrogens with one attached hydrogen (secondary N) is 4. The fourth-order valence-electron chi connectivity index (χ4n) is 2.83. The summed E-state index contributed by atoms with van der Waals surface area (Å²) >= 11 is 5.77. The average molecular weight is 453 g/mol. The molecule has 0 aliphatic heterocycles. The van der Waals surface area contributed by atoms with Crippen LogP contribution in [0.25, 0.3) is 10.9 Å². The number of halogens is 1. The smallest absolute Gasteiger partial charge is 0.548 e. The molecule has 3 rings (SSSR count). The maximum atomic E-state index is 12.1. The Morgan fingerprint density at radius 2 is 1.77 bits per heavy atom. The van der Waals surface area contributed by atoms with Crippen LogP contribution in [0.5, 0.6) is 0 Å². The van der Waals surface area contributed by atoms with Crippen LogP contribution >= 0.6 is 11.6 Å². The number of carbonyl (C=O) groups excluding carboxylic acids is 3. The molecule has 0 radical (unpaired) electrons. The number of para-hydroxylation sites is 1. The van der Waals surface area contributed by atoms with Crippen LogP contribution in [0.15, 0.2) is 54.7 Å². The number of rotatable bonds is 7. The quantitative estimate of drug-likeness (QED) is 0.323. The third kappa shape index (κ3) is 6.83. The molecule has 8 nitrogen and oxygen atoms in total. The molecule has 0 unspecified atom stereocenters. The summed E-state index contributed by atoms with van der Waals surface area (Å²) in [7, 11) is 0. The Labute approximate surface area is 220 Å². The maximum Gasteiger partial charge on any atom is 1.00 e. The normalized spacial score (nSPS) is 11.2. The zero-order chi connectivity index (χ0) is 20.8. The van der Waals surface area contributed by atoms with E-state index in [-0.39, 0.29) is 57.8 Å². The summed E-state index contributed by atoms with van der Waals surface area (Å²) in [6, 6.07) is 12.0. The number of H-pyrrole nitrogens is 1. The summed E-state index contributed by atoms with van der Waals surface area (Å²) in [5.41, 5.74) is 2.11. The van der Waals surface area contributed by atoms with Gasteiger partial charge in [0.15, 0.2) is 0 Å². The maximum absolute atomic E-state index is 12.1. The van der Waals surface area contributed by atoms with Crippen molar-refractivity contribution in [3.63, 3.8) is 0 Å². The number of aromatic amines is 1. The third-order valence-corrected chi connectivity index (χ3v) is 4.48. The Morgan fingerprint density at radius 1 is 1.07 bits per heavy atom. The number of aliphatic carboxylic acids is 1. The van der Waals surface area contributed by atoms with Crippen molar-refractivity contribution in [2.75, 3.05) is 11.9 Å². The molecule has 0 aliphatic rings. The van der Waals surface area contributed by atoms with Gasteiger partial charge in [-0.05, 0) is 35.9 Å². The molecule has 1 aromatic heterocycles. The van der Waals surface area contributed by atoms with Crippen LogP contribution in [0.1, 0.15) is 5.56 Å². The van der Waals surface area contributed by atoms with Crippen LogP contribution in [-0.2, 0) is 16.0 Å². The number of carboxylic acid groups (broad SMARTS) is 1. The van der Waals surface area contributed by atoms with E-state index in [2.05, 4.69) is 20.9 Å². The van der Waals surface area contributed by atoms with Crippen molar-refractivity contribution < 1.29 is 70.9 Å². The zero-order valence-corrected chi connectivity index (χ0v) is 20.1. The van der Waals surface area contributed by atoms with Crippen LogP contribution in [0.4, 0.5) is 10.5 Å². The molecule has 0 bridgehead atoms. The van der Waals surface area contributed by atoms with E-state index in [9.17, 15) is 19.5 Å². The molecule has 0 saturated carbocycles. The number of amides is 3. The third-order valence-electron chi connectivity index (χ3n) is 4.23. The van der Waals surface area contributed by atoms with Gasteiger partial charge in [-0.1, -0.05) is 29.8 Å². The van der Waals surface area contributed by atoms with Gasteiger partial charge >= 0.3 is 57.4 Å². The second-order valence-corrected chi connectivity index (χ2v) is 6.75. The number of hydrogen-bond acceptors (Lipinski definition) is 4. The van der Waals surface area contributed by atoms with Gasteiger partial charge in [0, 0.05) is 34.2 Å². The summed E-state index contributed by atoms with van der Waals surface area (Å²) in [5, 5.41) is 20.1. The van der Waals surface area contributed by atoms with Crippen molar-refractivity contribution in [1.82, 2.24) is 15.6 Å². The van der Waals surface area contributed by atoms with E-state index in [0.717, 1.165) is 16.5 Å². The minimum absolute atomic E-state index is 0. The van der Waals surface area contributed by atoms with Crippen molar-refractivity contribution in [2.45, 2.75) is 12.5 Å². The molecule has 0 saturated heterocycles. The molecule has 0 fully saturated rings. The minimum Gasteiger partial charge on any atom is -0.548 e. The Kier molecular flexibility index (Phi) is 9.34. The standard InChI is InChI=1S/C20H19ClN4O4.K/c21-13-5-7-14(8-6-13)24-20(29)23-11-18(26)25-17(19(27)28)9-12-10-22-16-4-2-1-3-15(12)16;/h1-8,10,17,22H,9,11H2,(H,25,26)(H,27,28)(H2,23,24,29);/q;+1/p-1/t17-;/m0./s1. The Bertz CT molecular complexity index is 1040. The number of urea groups is 1. The monoisotopic (exact) mass is 452 g/mol. The molecule has 30 heavy (non-hydrogen) atoms. The second-order valence-electron chi connectivity index (χ2n) is 6.32. The Balaban J connectivity index is 0.00000320. The van der Waals surface area contributed by atoms with Crippen molar-refractivity contribution >= 4 is 46.1 Å². The molecular weight excluding hydrogens is 435 g/mol. The molecular formula is C20H18ClKN4O4. The molecule has 0 spiro atoms. The number of benzene rings is 2.